The zero-order chi connectivity index (χ0) is 20.3. The van der Waals surface area contributed by atoms with E-state index in [-0.39, 0.29) is 12.5 Å². The minimum atomic E-state index is -1.50. The lowest BCUT2D eigenvalue weighted by Gasteiger charge is -2.42. The average molecular weight is 396 g/mol. The third kappa shape index (κ3) is 5.36. The second kappa shape index (κ2) is 9.88. The first-order chi connectivity index (χ1) is 12.7. The highest BCUT2D eigenvalue weighted by molar-refractivity contribution is 4.91. The van der Waals surface area contributed by atoms with Gasteiger partial charge in [-0.05, 0) is 12.8 Å². The number of aliphatic hydroxyl groups is 6. The van der Waals surface area contributed by atoms with Crippen LogP contribution in [-0.4, -0.2) is 105 Å². The van der Waals surface area contributed by atoms with Gasteiger partial charge in [0.15, 0.2) is 12.6 Å². The predicted octanol–water partition coefficient (Wildman–Crippen LogP) is -2.30. The first-order valence-electron chi connectivity index (χ1n) is 9.29. The Balaban J connectivity index is 1.93. The number of ether oxygens (including phenoxy) is 4. The van der Waals surface area contributed by atoms with Gasteiger partial charge in [0.2, 0.25) is 0 Å². The Labute approximate surface area is 158 Å². The summed E-state index contributed by atoms with van der Waals surface area (Å²) >= 11 is 0. The van der Waals surface area contributed by atoms with Crippen LogP contribution in [0.3, 0.4) is 0 Å². The molecule has 0 amide bonds. The highest BCUT2D eigenvalue weighted by Crippen LogP contribution is 2.26. The second-order valence-corrected chi connectivity index (χ2v) is 7.38. The molecule has 0 aliphatic carbocycles. The van der Waals surface area contributed by atoms with E-state index in [1.807, 2.05) is 13.8 Å². The van der Waals surface area contributed by atoms with Gasteiger partial charge in [-0.2, -0.15) is 0 Å². The standard InChI is InChI=1S/C17H32O10/c1-4-7(2)5-24-17-15(23)13(21)11(19)9(27-17)6-25-16-14(22)12(20)10(18)8(3)26-16/h7-23H,4-6H2,1-3H3/t7?,8-,9+,10-,11+,12+,13-,14+,15+,16+,17+/m0/s1. The summed E-state index contributed by atoms with van der Waals surface area (Å²) in [4.78, 5) is 0. The van der Waals surface area contributed by atoms with E-state index in [9.17, 15) is 30.6 Å². The van der Waals surface area contributed by atoms with Crippen LogP contribution in [0.1, 0.15) is 27.2 Å². The minimum absolute atomic E-state index is 0.222. The van der Waals surface area contributed by atoms with Crippen molar-refractivity contribution in [3.8, 4) is 0 Å². The zero-order valence-corrected chi connectivity index (χ0v) is 15.8. The van der Waals surface area contributed by atoms with Gasteiger partial charge >= 0.3 is 0 Å². The van der Waals surface area contributed by atoms with Crippen LogP contribution in [0.5, 0.6) is 0 Å². The lowest BCUT2D eigenvalue weighted by molar-refractivity contribution is -0.329. The first-order valence-corrected chi connectivity index (χ1v) is 9.29. The van der Waals surface area contributed by atoms with Crippen molar-refractivity contribution in [2.45, 2.75) is 88.6 Å². The molecule has 27 heavy (non-hydrogen) atoms. The molecule has 0 aromatic heterocycles. The Hall–Kier alpha value is -0.400. The van der Waals surface area contributed by atoms with Gasteiger partial charge in [-0.3, -0.25) is 0 Å². The molecule has 6 N–H and O–H groups in total. The molecule has 2 aliphatic heterocycles. The molecule has 10 nitrogen and oxygen atoms in total. The number of hydrogen-bond acceptors (Lipinski definition) is 10. The summed E-state index contributed by atoms with van der Waals surface area (Å²) < 4.78 is 21.7. The van der Waals surface area contributed by atoms with Gasteiger partial charge < -0.3 is 49.6 Å². The molecule has 2 fully saturated rings. The van der Waals surface area contributed by atoms with Crippen LogP contribution in [0.15, 0.2) is 0 Å². The van der Waals surface area contributed by atoms with E-state index in [0.717, 1.165) is 6.42 Å². The topological polar surface area (TPSA) is 158 Å². The molecule has 11 atom stereocenters. The van der Waals surface area contributed by atoms with E-state index >= 15 is 0 Å². The fraction of sp³-hybridized carbons (Fsp3) is 1.00. The van der Waals surface area contributed by atoms with Crippen molar-refractivity contribution >= 4 is 0 Å². The fourth-order valence-corrected chi connectivity index (χ4v) is 2.91. The van der Waals surface area contributed by atoms with Gasteiger partial charge in [0, 0.05) is 0 Å². The van der Waals surface area contributed by atoms with Crippen LogP contribution >= 0.6 is 0 Å². The smallest absolute Gasteiger partial charge is 0.186 e. The first kappa shape index (κ1) is 22.9. The van der Waals surface area contributed by atoms with Gasteiger partial charge in [0.1, 0.15) is 42.7 Å². The largest absolute Gasteiger partial charge is 0.388 e. The van der Waals surface area contributed by atoms with Gasteiger partial charge in [-0.25, -0.2) is 0 Å². The zero-order valence-electron chi connectivity index (χ0n) is 15.8. The average Bonchev–Trinajstić information content (AvgIpc) is 2.66. The molecule has 0 aromatic carbocycles. The van der Waals surface area contributed by atoms with Gasteiger partial charge in [0.05, 0.1) is 19.3 Å². The van der Waals surface area contributed by atoms with Crippen LogP contribution in [0.25, 0.3) is 0 Å². The monoisotopic (exact) mass is 396 g/mol. The van der Waals surface area contributed by atoms with E-state index < -0.39 is 61.4 Å². The van der Waals surface area contributed by atoms with Crippen molar-refractivity contribution in [2.24, 2.45) is 5.92 Å². The Morgan fingerprint density at radius 3 is 1.93 bits per heavy atom. The lowest BCUT2D eigenvalue weighted by Crippen LogP contribution is -2.61. The van der Waals surface area contributed by atoms with E-state index in [1.54, 1.807) is 0 Å². The Kier molecular flexibility index (Phi) is 8.37. The molecule has 0 saturated carbocycles. The number of aliphatic hydroxyl groups excluding tert-OH is 6. The van der Waals surface area contributed by atoms with Gasteiger partial charge in [-0.1, -0.05) is 20.3 Å². The highest BCUT2D eigenvalue weighted by atomic mass is 16.7. The quantitative estimate of drug-likeness (QED) is 0.276. The highest BCUT2D eigenvalue weighted by Gasteiger charge is 2.46. The molecule has 160 valence electrons. The normalized spacial score (nSPS) is 47.0. The predicted molar refractivity (Wildman–Crippen MR) is 90.4 cm³/mol. The summed E-state index contributed by atoms with van der Waals surface area (Å²) in [5.74, 6) is 0.222. The van der Waals surface area contributed by atoms with Gasteiger partial charge in [-0.15, -0.1) is 0 Å². The molecule has 0 spiro atoms. The maximum atomic E-state index is 10.1. The molecular weight excluding hydrogens is 364 g/mol. The molecule has 1 unspecified atom stereocenters. The van der Waals surface area contributed by atoms with Crippen LogP contribution in [-0.2, 0) is 18.9 Å². The Morgan fingerprint density at radius 1 is 0.778 bits per heavy atom. The Bertz CT molecular complexity index is 451. The third-order valence-electron chi connectivity index (χ3n) is 5.14. The van der Waals surface area contributed by atoms with Crippen LogP contribution in [0.2, 0.25) is 0 Å². The summed E-state index contributed by atoms with van der Waals surface area (Å²) in [5.41, 5.74) is 0. The number of hydrogen-bond donors (Lipinski definition) is 6. The summed E-state index contributed by atoms with van der Waals surface area (Å²) in [7, 11) is 0. The van der Waals surface area contributed by atoms with Crippen molar-refractivity contribution in [2.75, 3.05) is 13.2 Å². The fourth-order valence-electron chi connectivity index (χ4n) is 2.91. The molecular formula is C17H32O10. The van der Waals surface area contributed by atoms with Crippen molar-refractivity contribution < 1.29 is 49.6 Å². The summed E-state index contributed by atoms with van der Waals surface area (Å²) in [6.45, 7) is 5.47. The van der Waals surface area contributed by atoms with E-state index in [0.29, 0.717) is 6.61 Å². The van der Waals surface area contributed by atoms with Crippen LogP contribution < -0.4 is 0 Å². The SMILES string of the molecule is CCC(C)CO[C@@H]1O[C@H](CO[C@@H]2O[C@@H](C)[C@H](O)[C@@H](O)[C@H]2O)[C@@H](O)[C@H](O)[C@H]1O. The maximum absolute atomic E-state index is 10.1. The Morgan fingerprint density at radius 2 is 1.33 bits per heavy atom. The molecule has 0 bridgehead atoms. The third-order valence-corrected chi connectivity index (χ3v) is 5.14. The van der Waals surface area contributed by atoms with E-state index in [2.05, 4.69) is 0 Å². The summed E-state index contributed by atoms with van der Waals surface area (Å²) in [6.07, 6.45) is -11.9. The van der Waals surface area contributed by atoms with Crippen LogP contribution in [0, 0.1) is 5.92 Å². The summed E-state index contributed by atoms with van der Waals surface area (Å²) in [5, 5.41) is 59.7. The molecule has 0 radical (unpaired) electrons. The minimum Gasteiger partial charge on any atom is -0.388 e. The van der Waals surface area contributed by atoms with Crippen molar-refractivity contribution in [1.29, 1.82) is 0 Å². The number of rotatable bonds is 7. The molecule has 2 heterocycles. The molecule has 0 aromatic rings. The lowest BCUT2D eigenvalue weighted by atomic mass is 9.98. The molecule has 2 saturated heterocycles. The van der Waals surface area contributed by atoms with Crippen LogP contribution in [0.4, 0.5) is 0 Å². The van der Waals surface area contributed by atoms with Crippen molar-refractivity contribution in [1.82, 2.24) is 0 Å². The molecule has 2 rings (SSSR count). The molecule has 2 aliphatic rings. The summed E-state index contributed by atoms with van der Waals surface area (Å²) in [6, 6.07) is 0. The van der Waals surface area contributed by atoms with E-state index in [1.165, 1.54) is 6.92 Å². The van der Waals surface area contributed by atoms with Crippen molar-refractivity contribution in [3.63, 3.8) is 0 Å². The maximum Gasteiger partial charge on any atom is 0.186 e. The van der Waals surface area contributed by atoms with Crippen molar-refractivity contribution in [3.05, 3.63) is 0 Å². The van der Waals surface area contributed by atoms with Gasteiger partial charge in [0.25, 0.3) is 0 Å². The molecule has 10 heteroatoms. The van der Waals surface area contributed by atoms with E-state index in [4.69, 9.17) is 18.9 Å². The second-order valence-electron chi connectivity index (χ2n) is 7.38.